The summed E-state index contributed by atoms with van der Waals surface area (Å²) >= 11 is 0. The van der Waals surface area contributed by atoms with Gasteiger partial charge >= 0.3 is 5.97 Å². The van der Waals surface area contributed by atoms with Crippen LogP contribution < -0.4 is 0 Å². The number of rotatable bonds is 2. The lowest BCUT2D eigenvalue weighted by molar-refractivity contribution is -0.141. The Labute approximate surface area is 97.5 Å². The molecule has 1 fully saturated rings. The standard InChI is InChI=1S/C11H12N2O4/c14-8-2-1-4-12-9(8)10(15)13-5-3-7(6-13)11(16)17/h1-2,4,7,14H,3,5-6H2,(H,16,17). The smallest absolute Gasteiger partial charge is 0.308 e. The first-order chi connectivity index (χ1) is 8.09. The van der Waals surface area contributed by atoms with Crippen molar-refractivity contribution in [2.75, 3.05) is 13.1 Å². The van der Waals surface area contributed by atoms with Crippen molar-refractivity contribution in [2.24, 2.45) is 5.92 Å². The second-order valence-electron chi connectivity index (χ2n) is 3.95. The van der Waals surface area contributed by atoms with E-state index in [-0.39, 0.29) is 18.0 Å². The predicted molar refractivity (Wildman–Crippen MR) is 57.5 cm³/mol. The third-order valence-corrected chi connectivity index (χ3v) is 2.81. The van der Waals surface area contributed by atoms with E-state index in [1.165, 1.54) is 23.2 Å². The van der Waals surface area contributed by atoms with E-state index in [1.807, 2.05) is 0 Å². The van der Waals surface area contributed by atoms with Gasteiger partial charge in [0.1, 0.15) is 5.75 Å². The van der Waals surface area contributed by atoms with E-state index >= 15 is 0 Å². The highest BCUT2D eigenvalue weighted by Gasteiger charge is 2.32. The van der Waals surface area contributed by atoms with Crippen LogP contribution in [0.3, 0.4) is 0 Å². The van der Waals surface area contributed by atoms with Crippen molar-refractivity contribution in [1.82, 2.24) is 9.88 Å². The quantitative estimate of drug-likeness (QED) is 0.772. The Morgan fingerprint density at radius 2 is 2.24 bits per heavy atom. The van der Waals surface area contributed by atoms with Crippen molar-refractivity contribution in [3.63, 3.8) is 0 Å². The van der Waals surface area contributed by atoms with E-state index in [1.54, 1.807) is 0 Å². The second-order valence-corrected chi connectivity index (χ2v) is 3.95. The molecule has 6 nitrogen and oxygen atoms in total. The van der Waals surface area contributed by atoms with Gasteiger partial charge in [-0.1, -0.05) is 0 Å². The van der Waals surface area contributed by atoms with Gasteiger partial charge in [-0.05, 0) is 18.6 Å². The molecule has 0 spiro atoms. The largest absolute Gasteiger partial charge is 0.505 e. The second kappa shape index (κ2) is 4.40. The van der Waals surface area contributed by atoms with Crippen LogP contribution in [0.15, 0.2) is 18.3 Å². The lowest BCUT2D eigenvalue weighted by Gasteiger charge is -2.15. The number of carboxylic acid groups (broad SMARTS) is 1. The van der Waals surface area contributed by atoms with Gasteiger partial charge in [-0.2, -0.15) is 0 Å². The zero-order chi connectivity index (χ0) is 12.4. The molecule has 2 heterocycles. The summed E-state index contributed by atoms with van der Waals surface area (Å²) in [5, 5.41) is 18.3. The van der Waals surface area contributed by atoms with Gasteiger partial charge in [0.25, 0.3) is 5.91 Å². The minimum absolute atomic E-state index is 0.0291. The Morgan fingerprint density at radius 3 is 2.82 bits per heavy atom. The van der Waals surface area contributed by atoms with Crippen LogP contribution in [0.5, 0.6) is 5.75 Å². The summed E-state index contributed by atoms with van der Waals surface area (Å²) in [6, 6.07) is 2.90. The molecule has 1 aromatic rings. The number of hydrogen-bond acceptors (Lipinski definition) is 4. The molecule has 0 saturated carbocycles. The van der Waals surface area contributed by atoms with Crippen LogP contribution in [0.25, 0.3) is 0 Å². The van der Waals surface area contributed by atoms with Crippen LogP contribution >= 0.6 is 0 Å². The third kappa shape index (κ3) is 2.20. The molecule has 1 amide bonds. The molecule has 90 valence electrons. The van der Waals surface area contributed by atoms with Gasteiger partial charge in [-0.15, -0.1) is 0 Å². The minimum Gasteiger partial charge on any atom is -0.505 e. The zero-order valence-electron chi connectivity index (χ0n) is 9.04. The summed E-state index contributed by atoms with van der Waals surface area (Å²) in [5.41, 5.74) is -0.0291. The maximum Gasteiger partial charge on any atom is 0.308 e. The Balaban J connectivity index is 2.13. The molecule has 0 radical (unpaired) electrons. The van der Waals surface area contributed by atoms with Crippen molar-refractivity contribution >= 4 is 11.9 Å². The molecule has 1 aliphatic heterocycles. The van der Waals surface area contributed by atoms with Crippen LogP contribution in [-0.4, -0.2) is 45.1 Å². The normalized spacial score (nSPS) is 19.3. The molecule has 2 N–H and O–H groups in total. The monoisotopic (exact) mass is 236 g/mol. The van der Waals surface area contributed by atoms with Crippen LogP contribution in [0.4, 0.5) is 0 Å². The fraction of sp³-hybridized carbons (Fsp3) is 0.364. The molecular formula is C11H12N2O4. The van der Waals surface area contributed by atoms with Gasteiger partial charge in [0.15, 0.2) is 5.69 Å². The number of aromatic nitrogens is 1. The van der Waals surface area contributed by atoms with E-state index < -0.39 is 17.8 Å². The van der Waals surface area contributed by atoms with Gasteiger partial charge in [-0.25, -0.2) is 4.98 Å². The number of likely N-dealkylation sites (tertiary alicyclic amines) is 1. The number of amides is 1. The summed E-state index contributed by atoms with van der Waals surface area (Å²) in [7, 11) is 0. The molecule has 0 aromatic carbocycles. The number of aromatic hydroxyl groups is 1. The zero-order valence-corrected chi connectivity index (χ0v) is 9.04. The van der Waals surface area contributed by atoms with E-state index in [4.69, 9.17) is 5.11 Å². The fourth-order valence-corrected chi connectivity index (χ4v) is 1.86. The Hall–Kier alpha value is -2.11. The summed E-state index contributed by atoms with van der Waals surface area (Å²) < 4.78 is 0. The first-order valence-electron chi connectivity index (χ1n) is 5.25. The molecule has 0 aliphatic carbocycles. The number of pyridine rings is 1. The van der Waals surface area contributed by atoms with Crippen LogP contribution in [0, 0.1) is 5.92 Å². The van der Waals surface area contributed by atoms with Gasteiger partial charge < -0.3 is 15.1 Å². The number of carboxylic acids is 1. The molecule has 1 aliphatic rings. The molecule has 1 saturated heterocycles. The highest BCUT2D eigenvalue weighted by atomic mass is 16.4. The number of carbonyl (C=O) groups is 2. The third-order valence-electron chi connectivity index (χ3n) is 2.81. The Morgan fingerprint density at radius 1 is 1.47 bits per heavy atom. The van der Waals surface area contributed by atoms with E-state index in [0.717, 1.165) is 0 Å². The summed E-state index contributed by atoms with van der Waals surface area (Å²) in [4.78, 5) is 27.9. The van der Waals surface area contributed by atoms with E-state index in [9.17, 15) is 14.7 Å². The highest BCUT2D eigenvalue weighted by molar-refractivity contribution is 5.95. The van der Waals surface area contributed by atoms with Gasteiger partial charge in [0.05, 0.1) is 5.92 Å². The van der Waals surface area contributed by atoms with E-state index in [0.29, 0.717) is 13.0 Å². The molecule has 1 aromatic heterocycles. The highest BCUT2D eigenvalue weighted by Crippen LogP contribution is 2.21. The van der Waals surface area contributed by atoms with Crippen molar-refractivity contribution in [2.45, 2.75) is 6.42 Å². The molecule has 0 bridgehead atoms. The first-order valence-corrected chi connectivity index (χ1v) is 5.25. The van der Waals surface area contributed by atoms with Crippen molar-refractivity contribution in [1.29, 1.82) is 0 Å². The molecule has 17 heavy (non-hydrogen) atoms. The molecule has 1 unspecified atom stereocenters. The summed E-state index contributed by atoms with van der Waals surface area (Å²) in [6.45, 7) is 0.552. The first kappa shape index (κ1) is 11.4. The van der Waals surface area contributed by atoms with Crippen LogP contribution in [-0.2, 0) is 4.79 Å². The lowest BCUT2D eigenvalue weighted by Crippen LogP contribution is -2.30. The van der Waals surface area contributed by atoms with E-state index in [2.05, 4.69) is 4.98 Å². The van der Waals surface area contributed by atoms with Crippen molar-refractivity contribution in [3.05, 3.63) is 24.0 Å². The Kier molecular flexibility index (Phi) is 2.95. The molecule has 6 heteroatoms. The fourth-order valence-electron chi connectivity index (χ4n) is 1.86. The predicted octanol–water partition coefficient (Wildman–Crippen LogP) is 0.334. The molecule has 1 atom stereocenters. The number of hydrogen-bond donors (Lipinski definition) is 2. The number of nitrogens with zero attached hydrogens (tertiary/aromatic N) is 2. The van der Waals surface area contributed by atoms with Crippen molar-refractivity contribution in [3.8, 4) is 5.75 Å². The average Bonchev–Trinajstić information content (AvgIpc) is 2.78. The van der Waals surface area contributed by atoms with Crippen LogP contribution in [0.1, 0.15) is 16.9 Å². The number of aliphatic carboxylic acids is 1. The van der Waals surface area contributed by atoms with Gasteiger partial charge in [-0.3, -0.25) is 9.59 Å². The minimum atomic E-state index is -0.898. The van der Waals surface area contributed by atoms with Gasteiger partial charge in [0.2, 0.25) is 0 Å². The SMILES string of the molecule is O=C(O)C1CCN(C(=O)c2ncccc2O)C1. The average molecular weight is 236 g/mol. The number of carbonyl (C=O) groups excluding carboxylic acids is 1. The lowest BCUT2D eigenvalue weighted by atomic mass is 10.1. The summed E-state index contributed by atoms with van der Waals surface area (Å²) in [5.74, 6) is -2.03. The maximum atomic E-state index is 11.9. The molecule has 2 rings (SSSR count). The van der Waals surface area contributed by atoms with Crippen molar-refractivity contribution < 1.29 is 19.8 Å². The Bertz CT molecular complexity index is 461. The summed E-state index contributed by atoms with van der Waals surface area (Å²) in [6.07, 6.45) is 1.85. The van der Waals surface area contributed by atoms with Crippen LogP contribution in [0.2, 0.25) is 0 Å². The molecular weight excluding hydrogens is 224 g/mol. The maximum absolute atomic E-state index is 11.9. The van der Waals surface area contributed by atoms with Gasteiger partial charge in [0, 0.05) is 19.3 Å². The topological polar surface area (TPSA) is 90.7 Å².